The largest absolute Gasteiger partial charge is 0.384 e. The van der Waals surface area contributed by atoms with E-state index >= 15 is 0 Å². The molecule has 1 aromatic heterocycles. The van der Waals surface area contributed by atoms with Gasteiger partial charge in [-0.3, -0.25) is 4.79 Å². The van der Waals surface area contributed by atoms with Crippen molar-refractivity contribution in [1.29, 1.82) is 5.26 Å². The molecule has 0 aliphatic heterocycles. The van der Waals surface area contributed by atoms with Crippen molar-refractivity contribution in [2.45, 2.75) is 24.3 Å². The number of nitrogens with two attached hydrogens (primary N) is 1. The molecule has 0 saturated heterocycles. The Hall–Kier alpha value is -2.30. The highest BCUT2D eigenvalue weighted by Gasteiger charge is 2.17. The normalized spacial score (nSPS) is 11.6. The molecule has 0 saturated carbocycles. The molecule has 1 aromatic carbocycles. The second-order valence-corrected chi connectivity index (χ2v) is 6.49. The van der Waals surface area contributed by atoms with Gasteiger partial charge in [-0.2, -0.15) is 5.26 Å². The zero-order valence-electron chi connectivity index (χ0n) is 12.5. The van der Waals surface area contributed by atoms with Crippen LogP contribution < -0.4 is 11.1 Å². The predicted octanol–water partition coefficient (Wildman–Crippen LogP) is 3.01. The lowest BCUT2D eigenvalue weighted by molar-refractivity contribution is -0.115. The second kappa shape index (κ2) is 7.31. The third-order valence-electron chi connectivity index (χ3n) is 2.86. The van der Waals surface area contributed by atoms with Gasteiger partial charge < -0.3 is 11.1 Å². The zero-order chi connectivity index (χ0) is 17.0. The highest BCUT2D eigenvalue weighted by molar-refractivity contribution is 8.00. The number of hydrogen-bond acceptors (Lipinski definition) is 6. The number of nitrogens with one attached hydrogen (secondary N) is 1. The van der Waals surface area contributed by atoms with Crippen LogP contribution in [-0.2, 0) is 4.79 Å². The van der Waals surface area contributed by atoms with Crippen LogP contribution in [0, 0.1) is 18.3 Å². The summed E-state index contributed by atoms with van der Waals surface area (Å²) in [6.07, 6.45) is 0. The lowest BCUT2D eigenvalue weighted by Crippen LogP contribution is -2.22. The molecule has 0 radical (unpaired) electrons. The minimum Gasteiger partial charge on any atom is -0.384 e. The minimum absolute atomic E-state index is 0.223. The molecule has 0 fully saturated rings. The Bertz CT molecular complexity index is 770. The molecule has 118 valence electrons. The summed E-state index contributed by atoms with van der Waals surface area (Å²) in [5.74, 6) is 0.144. The molecular weight excluding hydrogens is 334 g/mol. The molecule has 23 heavy (non-hydrogen) atoms. The number of carbonyl (C=O) groups excluding carboxylic acids is 1. The second-order valence-electron chi connectivity index (χ2n) is 4.77. The Morgan fingerprint density at radius 2 is 2.17 bits per heavy atom. The van der Waals surface area contributed by atoms with E-state index in [1.165, 1.54) is 17.8 Å². The van der Waals surface area contributed by atoms with Gasteiger partial charge in [0.1, 0.15) is 11.9 Å². The number of nitriles is 1. The smallest absolute Gasteiger partial charge is 0.237 e. The summed E-state index contributed by atoms with van der Waals surface area (Å²) in [5, 5.41) is 11.9. The average molecular weight is 348 g/mol. The lowest BCUT2D eigenvalue weighted by Gasteiger charge is -2.12. The van der Waals surface area contributed by atoms with E-state index in [2.05, 4.69) is 15.3 Å². The van der Waals surface area contributed by atoms with Gasteiger partial charge in [-0.1, -0.05) is 23.4 Å². The fourth-order valence-electron chi connectivity index (χ4n) is 1.76. The molecule has 0 aliphatic rings. The molecule has 0 spiro atoms. The van der Waals surface area contributed by atoms with Crippen LogP contribution >= 0.6 is 23.4 Å². The first-order valence-corrected chi connectivity index (χ1v) is 7.93. The fourth-order valence-corrected chi connectivity index (χ4v) is 2.82. The molecule has 6 nitrogen and oxygen atoms in total. The van der Waals surface area contributed by atoms with Crippen molar-refractivity contribution in [3.05, 3.63) is 40.5 Å². The molecule has 2 aromatic rings. The van der Waals surface area contributed by atoms with Crippen molar-refractivity contribution in [2.24, 2.45) is 0 Å². The summed E-state index contributed by atoms with van der Waals surface area (Å²) in [6.45, 7) is 3.55. The van der Waals surface area contributed by atoms with Crippen LogP contribution in [0.1, 0.15) is 18.2 Å². The molecule has 8 heteroatoms. The standard InChI is InChI=1S/C15H14ClN5OS/c1-8-5-13(18)21-15(19-8)23-9(2)14(22)20-11-4-3-10(7-17)12(16)6-11/h3-6,9H,1-2H3,(H,20,22)(H2,18,19,21)/t9-/m1/s1. The topological polar surface area (TPSA) is 105 Å². The van der Waals surface area contributed by atoms with Crippen LogP contribution in [0.5, 0.6) is 0 Å². The Morgan fingerprint density at radius 1 is 1.43 bits per heavy atom. The van der Waals surface area contributed by atoms with Crippen molar-refractivity contribution >= 4 is 40.8 Å². The van der Waals surface area contributed by atoms with E-state index in [-0.39, 0.29) is 5.91 Å². The van der Waals surface area contributed by atoms with Crippen molar-refractivity contribution in [1.82, 2.24) is 9.97 Å². The third kappa shape index (κ3) is 4.58. The number of thioether (sulfide) groups is 1. The van der Waals surface area contributed by atoms with Gasteiger partial charge in [-0.25, -0.2) is 9.97 Å². The number of rotatable bonds is 4. The van der Waals surface area contributed by atoms with E-state index in [1.54, 1.807) is 25.1 Å². The molecule has 1 heterocycles. The monoisotopic (exact) mass is 347 g/mol. The van der Waals surface area contributed by atoms with E-state index in [1.807, 2.05) is 13.0 Å². The lowest BCUT2D eigenvalue weighted by atomic mass is 10.2. The first kappa shape index (κ1) is 17.1. The first-order chi connectivity index (χ1) is 10.9. The highest BCUT2D eigenvalue weighted by Crippen LogP contribution is 2.24. The summed E-state index contributed by atoms with van der Waals surface area (Å²) in [6, 6.07) is 8.34. The minimum atomic E-state index is -0.425. The molecule has 2 rings (SSSR count). The Kier molecular flexibility index (Phi) is 5.42. The summed E-state index contributed by atoms with van der Waals surface area (Å²) in [7, 11) is 0. The van der Waals surface area contributed by atoms with E-state index in [9.17, 15) is 4.79 Å². The maximum Gasteiger partial charge on any atom is 0.237 e. The summed E-state index contributed by atoms with van der Waals surface area (Å²) < 4.78 is 0. The number of benzene rings is 1. The summed E-state index contributed by atoms with van der Waals surface area (Å²) in [4.78, 5) is 20.6. The first-order valence-electron chi connectivity index (χ1n) is 6.67. The number of carbonyl (C=O) groups is 1. The van der Waals surface area contributed by atoms with Gasteiger partial charge in [0, 0.05) is 17.4 Å². The maximum atomic E-state index is 12.2. The van der Waals surface area contributed by atoms with Crippen LogP contribution in [0.3, 0.4) is 0 Å². The van der Waals surface area contributed by atoms with Gasteiger partial charge >= 0.3 is 0 Å². The number of aryl methyl sites for hydroxylation is 1. The Labute approximate surface area is 143 Å². The molecule has 0 unspecified atom stereocenters. The van der Waals surface area contributed by atoms with Crippen molar-refractivity contribution < 1.29 is 4.79 Å². The SMILES string of the molecule is Cc1cc(N)nc(S[C@H](C)C(=O)Nc2ccc(C#N)c(Cl)c2)n1. The molecule has 0 aliphatic carbocycles. The Balaban J connectivity index is 2.05. The maximum absolute atomic E-state index is 12.2. The number of aromatic nitrogens is 2. The van der Waals surface area contributed by atoms with E-state index in [0.717, 1.165) is 5.69 Å². The molecule has 0 bridgehead atoms. The fraction of sp³-hybridized carbons (Fsp3) is 0.200. The number of amides is 1. The molecule has 3 N–H and O–H groups in total. The summed E-state index contributed by atoms with van der Waals surface area (Å²) in [5.41, 5.74) is 7.30. The van der Waals surface area contributed by atoms with E-state index in [0.29, 0.717) is 27.2 Å². The van der Waals surface area contributed by atoms with Crippen LogP contribution in [0.25, 0.3) is 0 Å². The van der Waals surface area contributed by atoms with Crippen molar-refractivity contribution in [3.63, 3.8) is 0 Å². The van der Waals surface area contributed by atoms with Gasteiger partial charge in [0.05, 0.1) is 15.8 Å². The highest BCUT2D eigenvalue weighted by atomic mass is 35.5. The van der Waals surface area contributed by atoms with Crippen molar-refractivity contribution in [3.8, 4) is 6.07 Å². The van der Waals surface area contributed by atoms with Crippen LogP contribution in [0.4, 0.5) is 11.5 Å². The zero-order valence-corrected chi connectivity index (χ0v) is 14.1. The predicted molar refractivity (Wildman–Crippen MR) is 91.3 cm³/mol. The quantitative estimate of drug-likeness (QED) is 0.650. The molecule has 1 atom stereocenters. The summed E-state index contributed by atoms with van der Waals surface area (Å²) >= 11 is 7.16. The van der Waals surface area contributed by atoms with Gasteiger partial charge in [0.2, 0.25) is 5.91 Å². The van der Waals surface area contributed by atoms with Crippen LogP contribution in [0.2, 0.25) is 5.02 Å². The van der Waals surface area contributed by atoms with Gasteiger partial charge in [-0.15, -0.1) is 0 Å². The van der Waals surface area contributed by atoms with Crippen LogP contribution in [0.15, 0.2) is 29.4 Å². The van der Waals surface area contributed by atoms with E-state index in [4.69, 9.17) is 22.6 Å². The van der Waals surface area contributed by atoms with Gasteiger partial charge in [0.25, 0.3) is 0 Å². The molecular formula is C15H14ClN5OS. The van der Waals surface area contributed by atoms with E-state index < -0.39 is 5.25 Å². The number of nitrogen functional groups attached to an aromatic ring is 1. The molecule has 1 amide bonds. The number of anilines is 2. The third-order valence-corrected chi connectivity index (χ3v) is 4.14. The van der Waals surface area contributed by atoms with Gasteiger partial charge in [-0.05, 0) is 32.0 Å². The van der Waals surface area contributed by atoms with Crippen molar-refractivity contribution in [2.75, 3.05) is 11.1 Å². The number of nitrogens with zero attached hydrogens (tertiary/aromatic N) is 3. The Morgan fingerprint density at radius 3 is 2.78 bits per heavy atom. The average Bonchev–Trinajstić information content (AvgIpc) is 2.46. The van der Waals surface area contributed by atoms with Crippen LogP contribution in [-0.4, -0.2) is 21.1 Å². The number of hydrogen-bond donors (Lipinski definition) is 2. The van der Waals surface area contributed by atoms with Gasteiger partial charge in [0.15, 0.2) is 5.16 Å². The number of halogens is 1.